The minimum absolute atomic E-state index is 0.225. The van der Waals surface area contributed by atoms with Gasteiger partial charge in [-0.2, -0.15) is 0 Å². The standard InChI is InChI=1S/C14H18N4O3/c1-14(2,3)21-11(19)9-18-13(20)17(4)12(16-18)10-7-5-6-8-15-10/h5-8H,9H2,1-4H3. The Kier molecular flexibility index (Phi) is 3.93. The Labute approximate surface area is 122 Å². The highest BCUT2D eigenvalue weighted by Crippen LogP contribution is 2.11. The molecule has 0 spiro atoms. The second kappa shape index (κ2) is 5.51. The van der Waals surface area contributed by atoms with Crippen molar-refractivity contribution in [3.63, 3.8) is 0 Å². The van der Waals surface area contributed by atoms with Gasteiger partial charge in [0.05, 0.1) is 0 Å². The summed E-state index contributed by atoms with van der Waals surface area (Å²) in [6.45, 7) is 5.08. The number of esters is 1. The van der Waals surface area contributed by atoms with Crippen LogP contribution >= 0.6 is 0 Å². The molecule has 2 heterocycles. The summed E-state index contributed by atoms with van der Waals surface area (Å²) in [6, 6.07) is 5.33. The van der Waals surface area contributed by atoms with E-state index in [0.29, 0.717) is 11.5 Å². The zero-order chi connectivity index (χ0) is 15.6. The molecule has 7 nitrogen and oxygen atoms in total. The van der Waals surface area contributed by atoms with E-state index >= 15 is 0 Å². The predicted molar refractivity (Wildman–Crippen MR) is 76.5 cm³/mol. The Morgan fingerprint density at radius 3 is 2.62 bits per heavy atom. The molecule has 0 atom stereocenters. The molecule has 0 saturated carbocycles. The highest BCUT2D eigenvalue weighted by molar-refractivity contribution is 5.69. The van der Waals surface area contributed by atoms with Crippen LogP contribution in [0.5, 0.6) is 0 Å². The topological polar surface area (TPSA) is 79.0 Å². The molecule has 0 N–H and O–H groups in total. The van der Waals surface area contributed by atoms with Gasteiger partial charge in [0.25, 0.3) is 0 Å². The molecule has 0 saturated heterocycles. The Morgan fingerprint density at radius 1 is 1.33 bits per heavy atom. The van der Waals surface area contributed by atoms with Crippen molar-refractivity contribution in [2.24, 2.45) is 7.05 Å². The van der Waals surface area contributed by atoms with Gasteiger partial charge in [0, 0.05) is 13.2 Å². The summed E-state index contributed by atoms with van der Waals surface area (Å²) in [5.74, 6) is -0.0978. The lowest BCUT2D eigenvalue weighted by atomic mass is 10.2. The molecule has 0 radical (unpaired) electrons. The zero-order valence-corrected chi connectivity index (χ0v) is 12.5. The molecular formula is C14H18N4O3. The summed E-state index contributed by atoms with van der Waals surface area (Å²) in [6.07, 6.45) is 1.62. The van der Waals surface area contributed by atoms with E-state index in [1.807, 2.05) is 0 Å². The molecular weight excluding hydrogens is 272 g/mol. The average molecular weight is 290 g/mol. The van der Waals surface area contributed by atoms with Crippen LogP contribution in [0.1, 0.15) is 20.8 Å². The molecule has 0 aliphatic carbocycles. The van der Waals surface area contributed by atoms with Gasteiger partial charge in [-0.3, -0.25) is 14.3 Å². The number of aromatic nitrogens is 4. The normalized spacial score (nSPS) is 11.4. The van der Waals surface area contributed by atoms with E-state index in [0.717, 1.165) is 4.68 Å². The van der Waals surface area contributed by atoms with E-state index in [9.17, 15) is 9.59 Å². The van der Waals surface area contributed by atoms with Crippen LogP contribution in [0.4, 0.5) is 0 Å². The summed E-state index contributed by atoms with van der Waals surface area (Å²) in [5, 5.41) is 4.15. The second-order valence-corrected chi connectivity index (χ2v) is 5.62. The largest absolute Gasteiger partial charge is 0.459 e. The SMILES string of the molecule is Cn1c(-c2ccccn2)nn(CC(=O)OC(C)(C)C)c1=O. The Balaban J connectivity index is 2.27. The third kappa shape index (κ3) is 3.56. The van der Waals surface area contributed by atoms with Gasteiger partial charge in [0.2, 0.25) is 0 Å². The van der Waals surface area contributed by atoms with Crippen LogP contribution in [-0.4, -0.2) is 30.9 Å². The lowest BCUT2D eigenvalue weighted by Crippen LogP contribution is -2.31. The first-order valence-corrected chi connectivity index (χ1v) is 6.55. The maximum Gasteiger partial charge on any atom is 0.346 e. The van der Waals surface area contributed by atoms with Gasteiger partial charge >= 0.3 is 11.7 Å². The van der Waals surface area contributed by atoms with Crippen LogP contribution in [0.25, 0.3) is 11.5 Å². The van der Waals surface area contributed by atoms with Crippen molar-refractivity contribution in [3.8, 4) is 11.5 Å². The number of carbonyl (C=O) groups is 1. The van der Waals surface area contributed by atoms with Gasteiger partial charge < -0.3 is 4.74 Å². The van der Waals surface area contributed by atoms with Gasteiger partial charge in [-0.25, -0.2) is 9.48 Å². The van der Waals surface area contributed by atoms with Crippen LogP contribution in [0, 0.1) is 0 Å². The molecule has 0 aromatic carbocycles. The Bertz CT molecular complexity index is 695. The van der Waals surface area contributed by atoms with E-state index in [-0.39, 0.29) is 12.2 Å². The molecule has 0 aliphatic heterocycles. The monoisotopic (exact) mass is 290 g/mol. The van der Waals surface area contributed by atoms with Crippen molar-refractivity contribution in [2.75, 3.05) is 0 Å². The van der Waals surface area contributed by atoms with Gasteiger partial charge in [0.1, 0.15) is 17.8 Å². The fraction of sp³-hybridized carbons (Fsp3) is 0.429. The van der Waals surface area contributed by atoms with Crippen LogP contribution in [-0.2, 0) is 23.1 Å². The number of ether oxygens (including phenoxy) is 1. The van der Waals surface area contributed by atoms with E-state index in [4.69, 9.17) is 4.74 Å². The second-order valence-electron chi connectivity index (χ2n) is 5.62. The number of rotatable bonds is 3. The molecule has 0 amide bonds. The van der Waals surface area contributed by atoms with E-state index in [1.165, 1.54) is 4.57 Å². The number of carbonyl (C=O) groups excluding carboxylic acids is 1. The minimum atomic E-state index is -0.598. The summed E-state index contributed by atoms with van der Waals surface area (Å²) in [7, 11) is 1.59. The average Bonchev–Trinajstić information content (AvgIpc) is 2.66. The molecule has 2 aromatic rings. The molecule has 0 fully saturated rings. The van der Waals surface area contributed by atoms with E-state index < -0.39 is 11.6 Å². The summed E-state index contributed by atoms with van der Waals surface area (Å²) in [4.78, 5) is 28.0. The third-order valence-corrected chi connectivity index (χ3v) is 2.63. The minimum Gasteiger partial charge on any atom is -0.459 e. The first-order valence-electron chi connectivity index (χ1n) is 6.55. The van der Waals surface area contributed by atoms with Gasteiger partial charge in [-0.15, -0.1) is 5.10 Å². The van der Waals surface area contributed by atoms with Gasteiger partial charge in [0.15, 0.2) is 5.82 Å². The number of pyridine rings is 1. The maximum absolute atomic E-state index is 12.1. The molecule has 0 bridgehead atoms. The van der Waals surface area contributed by atoms with Gasteiger partial charge in [-0.05, 0) is 32.9 Å². The fourth-order valence-corrected chi connectivity index (χ4v) is 1.81. The maximum atomic E-state index is 12.1. The first-order chi connectivity index (χ1) is 9.78. The summed E-state index contributed by atoms with van der Waals surface area (Å²) in [5.41, 5.74) is -0.416. The summed E-state index contributed by atoms with van der Waals surface area (Å²) < 4.78 is 7.62. The Hall–Kier alpha value is -2.44. The highest BCUT2D eigenvalue weighted by Gasteiger charge is 2.20. The zero-order valence-electron chi connectivity index (χ0n) is 12.5. The van der Waals surface area contributed by atoms with Crippen LogP contribution < -0.4 is 5.69 Å². The highest BCUT2D eigenvalue weighted by atomic mass is 16.6. The van der Waals surface area contributed by atoms with E-state index in [2.05, 4.69) is 10.1 Å². The Morgan fingerprint density at radius 2 is 2.05 bits per heavy atom. The lowest BCUT2D eigenvalue weighted by Gasteiger charge is -2.19. The smallest absolute Gasteiger partial charge is 0.346 e. The van der Waals surface area contributed by atoms with Crippen molar-refractivity contribution in [3.05, 3.63) is 34.9 Å². The number of hydrogen-bond acceptors (Lipinski definition) is 5. The first kappa shape index (κ1) is 15.0. The molecule has 0 aliphatic rings. The molecule has 112 valence electrons. The molecule has 7 heteroatoms. The molecule has 2 rings (SSSR count). The van der Waals surface area contributed by atoms with Crippen LogP contribution in [0.15, 0.2) is 29.2 Å². The van der Waals surface area contributed by atoms with Crippen molar-refractivity contribution >= 4 is 5.97 Å². The van der Waals surface area contributed by atoms with Crippen molar-refractivity contribution in [2.45, 2.75) is 32.9 Å². The molecule has 0 unspecified atom stereocenters. The molecule has 2 aromatic heterocycles. The van der Waals surface area contributed by atoms with E-state index in [1.54, 1.807) is 52.2 Å². The predicted octanol–water partition coefficient (Wildman–Crippen LogP) is 0.985. The molecule has 21 heavy (non-hydrogen) atoms. The van der Waals surface area contributed by atoms with Crippen molar-refractivity contribution < 1.29 is 9.53 Å². The van der Waals surface area contributed by atoms with Crippen molar-refractivity contribution in [1.29, 1.82) is 0 Å². The van der Waals surface area contributed by atoms with Crippen LogP contribution in [0.3, 0.4) is 0 Å². The fourth-order valence-electron chi connectivity index (χ4n) is 1.81. The quantitative estimate of drug-likeness (QED) is 0.787. The van der Waals surface area contributed by atoms with Gasteiger partial charge in [-0.1, -0.05) is 6.07 Å². The number of hydrogen-bond donors (Lipinski definition) is 0. The third-order valence-electron chi connectivity index (χ3n) is 2.63. The number of nitrogens with zero attached hydrogens (tertiary/aromatic N) is 4. The van der Waals surface area contributed by atoms with Crippen molar-refractivity contribution in [1.82, 2.24) is 19.3 Å². The van der Waals surface area contributed by atoms with Crippen LogP contribution in [0.2, 0.25) is 0 Å². The lowest BCUT2D eigenvalue weighted by molar-refractivity contribution is -0.155. The summed E-state index contributed by atoms with van der Waals surface area (Å²) >= 11 is 0.